The first-order valence-electron chi connectivity index (χ1n) is 11.4. The number of carbonyl (C=O) groups excluding carboxylic acids is 2. The molecule has 36 heavy (non-hydrogen) atoms. The van der Waals surface area contributed by atoms with Crippen molar-refractivity contribution in [3.8, 4) is 0 Å². The fraction of sp³-hybridized carbons (Fsp3) is 0.320. The molecule has 0 aliphatic carbocycles. The SMILES string of the molecule is CCOC(=O)C[C@H](Nc1c(N(CC)CC)c(=O)c1=O)c1ccc(NC(=O)c2c(Cl)cncc2Cl)cc1. The summed E-state index contributed by atoms with van der Waals surface area (Å²) < 4.78 is 5.10. The molecule has 0 unspecified atom stereocenters. The maximum atomic E-state index is 12.6. The molecule has 11 heteroatoms. The van der Waals surface area contributed by atoms with Crippen LogP contribution in [0.4, 0.5) is 17.1 Å². The molecule has 0 aliphatic heterocycles. The van der Waals surface area contributed by atoms with Crippen LogP contribution in [0, 0.1) is 0 Å². The van der Waals surface area contributed by atoms with Crippen molar-refractivity contribution in [2.24, 2.45) is 0 Å². The van der Waals surface area contributed by atoms with E-state index >= 15 is 0 Å². The zero-order valence-corrected chi connectivity index (χ0v) is 21.6. The minimum Gasteiger partial charge on any atom is -0.466 e. The normalized spacial score (nSPS) is 11.7. The first kappa shape index (κ1) is 27.2. The lowest BCUT2D eigenvalue weighted by molar-refractivity contribution is -0.143. The van der Waals surface area contributed by atoms with Gasteiger partial charge in [0, 0.05) is 31.2 Å². The molecule has 3 aromatic rings. The predicted octanol–water partition coefficient (Wildman–Crippen LogP) is 4.19. The molecular formula is C25H26Cl2N4O5. The smallest absolute Gasteiger partial charge is 0.308 e. The standard InChI is InChI=1S/C25H26Cl2N4O5/c1-4-31(5-2)22-21(23(33)24(22)34)30-18(11-19(32)36-6-3)14-7-9-15(10-8-14)29-25(35)20-16(26)12-28-13-17(20)27/h7-10,12-13,18,30H,4-6,11H2,1-3H3,(H,29,35)/t18-/m0/s1. The van der Waals surface area contributed by atoms with E-state index in [1.807, 2.05) is 13.8 Å². The molecule has 0 fully saturated rings. The highest BCUT2D eigenvalue weighted by atomic mass is 35.5. The van der Waals surface area contributed by atoms with Crippen LogP contribution in [0.5, 0.6) is 0 Å². The van der Waals surface area contributed by atoms with Gasteiger partial charge in [0.15, 0.2) is 0 Å². The van der Waals surface area contributed by atoms with Crippen molar-refractivity contribution in [2.45, 2.75) is 33.2 Å². The molecule has 0 aliphatic rings. The summed E-state index contributed by atoms with van der Waals surface area (Å²) >= 11 is 12.1. The molecule has 9 nitrogen and oxygen atoms in total. The predicted molar refractivity (Wildman–Crippen MR) is 141 cm³/mol. The van der Waals surface area contributed by atoms with Gasteiger partial charge in [-0.1, -0.05) is 35.3 Å². The van der Waals surface area contributed by atoms with E-state index in [0.717, 1.165) is 0 Å². The highest BCUT2D eigenvalue weighted by molar-refractivity contribution is 6.40. The Bertz CT molecular complexity index is 1300. The Hall–Kier alpha value is -3.43. The van der Waals surface area contributed by atoms with Crippen LogP contribution >= 0.6 is 23.2 Å². The van der Waals surface area contributed by atoms with Gasteiger partial charge in [-0.25, -0.2) is 0 Å². The van der Waals surface area contributed by atoms with Gasteiger partial charge in [-0.2, -0.15) is 0 Å². The van der Waals surface area contributed by atoms with E-state index < -0.39 is 28.8 Å². The van der Waals surface area contributed by atoms with E-state index in [1.165, 1.54) is 12.4 Å². The molecule has 0 radical (unpaired) electrons. The monoisotopic (exact) mass is 532 g/mol. The number of halogens is 2. The van der Waals surface area contributed by atoms with Crippen molar-refractivity contribution in [3.05, 3.63) is 78.3 Å². The van der Waals surface area contributed by atoms with Crippen molar-refractivity contribution in [1.82, 2.24) is 4.98 Å². The number of nitrogens with one attached hydrogen (secondary N) is 2. The van der Waals surface area contributed by atoms with Crippen LogP contribution in [0.15, 0.2) is 46.2 Å². The Morgan fingerprint density at radius 2 is 1.61 bits per heavy atom. The Kier molecular flexibility index (Phi) is 9.06. The number of nitrogens with zero attached hydrogens (tertiary/aromatic N) is 2. The minimum absolute atomic E-state index is 0.0712. The fourth-order valence-electron chi connectivity index (χ4n) is 3.79. The molecule has 1 atom stereocenters. The quantitative estimate of drug-likeness (QED) is 0.278. The Balaban J connectivity index is 1.86. The number of benzene rings is 1. The van der Waals surface area contributed by atoms with Crippen molar-refractivity contribution >= 4 is 52.1 Å². The van der Waals surface area contributed by atoms with Gasteiger partial charge in [0.25, 0.3) is 16.8 Å². The summed E-state index contributed by atoms with van der Waals surface area (Å²) in [6.07, 6.45) is 2.58. The minimum atomic E-state index is -0.643. The molecule has 1 heterocycles. The summed E-state index contributed by atoms with van der Waals surface area (Å²) in [6, 6.07) is 6.04. The second-order valence-electron chi connectivity index (χ2n) is 7.81. The Morgan fingerprint density at radius 3 is 2.17 bits per heavy atom. The average molecular weight is 533 g/mol. The van der Waals surface area contributed by atoms with E-state index in [1.54, 1.807) is 36.1 Å². The molecule has 2 N–H and O–H groups in total. The maximum absolute atomic E-state index is 12.6. The second-order valence-corrected chi connectivity index (χ2v) is 8.63. The third kappa shape index (κ3) is 5.85. The number of rotatable bonds is 11. The molecule has 0 saturated heterocycles. The van der Waals surface area contributed by atoms with E-state index in [0.29, 0.717) is 30.0 Å². The van der Waals surface area contributed by atoms with Crippen LogP contribution in [-0.4, -0.2) is 36.6 Å². The summed E-state index contributed by atoms with van der Waals surface area (Å²) in [7, 11) is 0. The zero-order valence-electron chi connectivity index (χ0n) is 20.1. The lowest BCUT2D eigenvalue weighted by Gasteiger charge is -2.28. The van der Waals surface area contributed by atoms with E-state index in [9.17, 15) is 19.2 Å². The molecule has 3 rings (SSSR count). The Morgan fingerprint density at radius 1 is 1.00 bits per heavy atom. The van der Waals surface area contributed by atoms with Crippen LogP contribution in [0.3, 0.4) is 0 Å². The maximum Gasteiger partial charge on any atom is 0.308 e. The molecular weight excluding hydrogens is 507 g/mol. The number of pyridine rings is 1. The van der Waals surface area contributed by atoms with Crippen LogP contribution in [0.25, 0.3) is 0 Å². The summed E-state index contributed by atoms with van der Waals surface area (Å²) in [5, 5.41) is 6.03. The van der Waals surface area contributed by atoms with Crippen molar-refractivity contribution < 1.29 is 14.3 Å². The van der Waals surface area contributed by atoms with E-state index in [2.05, 4.69) is 15.6 Å². The lowest BCUT2D eigenvalue weighted by atomic mass is 10.0. The van der Waals surface area contributed by atoms with E-state index in [4.69, 9.17) is 27.9 Å². The highest BCUT2D eigenvalue weighted by Crippen LogP contribution is 2.29. The number of esters is 1. The van der Waals surface area contributed by atoms with Gasteiger partial charge in [-0.3, -0.25) is 24.2 Å². The van der Waals surface area contributed by atoms with Gasteiger partial charge < -0.3 is 20.3 Å². The lowest BCUT2D eigenvalue weighted by Crippen LogP contribution is -2.43. The van der Waals surface area contributed by atoms with Crippen LogP contribution < -0.4 is 26.4 Å². The summed E-state index contributed by atoms with van der Waals surface area (Å²) in [6.45, 7) is 6.80. The third-order valence-corrected chi connectivity index (χ3v) is 6.18. The largest absolute Gasteiger partial charge is 0.466 e. The van der Waals surface area contributed by atoms with Crippen LogP contribution in [0.1, 0.15) is 49.2 Å². The molecule has 190 valence electrons. The third-order valence-electron chi connectivity index (χ3n) is 5.61. The first-order chi connectivity index (χ1) is 17.2. The first-order valence-corrected chi connectivity index (χ1v) is 12.2. The molecule has 1 aromatic heterocycles. The molecule has 0 saturated carbocycles. The number of amides is 1. The van der Waals surface area contributed by atoms with E-state index in [-0.39, 0.29) is 34.3 Å². The van der Waals surface area contributed by atoms with Crippen LogP contribution in [-0.2, 0) is 9.53 Å². The van der Waals surface area contributed by atoms with Gasteiger partial charge in [0.2, 0.25) is 0 Å². The number of ether oxygens (including phenoxy) is 1. The van der Waals surface area contributed by atoms with Gasteiger partial charge >= 0.3 is 5.97 Å². The average Bonchev–Trinajstić information content (AvgIpc) is 2.85. The summed E-state index contributed by atoms with van der Waals surface area (Å²) in [4.78, 5) is 55.2. The van der Waals surface area contributed by atoms with Gasteiger partial charge in [0.1, 0.15) is 11.4 Å². The number of anilines is 3. The summed E-state index contributed by atoms with van der Waals surface area (Å²) in [5.74, 6) is -0.966. The van der Waals surface area contributed by atoms with Gasteiger partial charge in [-0.05, 0) is 38.5 Å². The molecule has 1 amide bonds. The molecule has 2 aromatic carbocycles. The zero-order chi connectivity index (χ0) is 26.4. The molecule has 0 spiro atoms. The second kappa shape index (κ2) is 12.0. The van der Waals surface area contributed by atoms with Crippen molar-refractivity contribution in [3.63, 3.8) is 0 Å². The van der Waals surface area contributed by atoms with Gasteiger partial charge in [0.05, 0.1) is 34.7 Å². The number of hydrogen-bond donors (Lipinski definition) is 2. The topological polar surface area (TPSA) is 118 Å². The van der Waals surface area contributed by atoms with Crippen molar-refractivity contribution in [2.75, 3.05) is 35.2 Å². The molecule has 0 bridgehead atoms. The van der Waals surface area contributed by atoms with Crippen LogP contribution in [0.2, 0.25) is 10.0 Å². The number of carbonyl (C=O) groups is 2. The fourth-order valence-corrected chi connectivity index (χ4v) is 4.33. The Labute approximate surface area is 218 Å². The van der Waals surface area contributed by atoms with Crippen molar-refractivity contribution in [1.29, 1.82) is 0 Å². The summed E-state index contributed by atoms with van der Waals surface area (Å²) in [5.41, 5.74) is 0.526. The highest BCUT2D eigenvalue weighted by Gasteiger charge is 2.28. The van der Waals surface area contributed by atoms with Gasteiger partial charge in [-0.15, -0.1) is 0 Å². The number of aromatic nitrogens is 1. The number of hydrogen-bond acceptors (Lipinski definition) is 8.